The zero-order valence-electron chi connectivity index (χ0n) is 8.53. The van der Waals surface area contributed by atoms with Gasteiger partial charge in [-0.3, -0.25) is 0 Å². The van der Waals surface area contributed by atoms with Crippen LogP contribution in [0.2, 0.25) is 0 Å². The lowest BCUT2D eigenvalue weighted by molar-refractivity contribution is -0.148. The summed E-state index contributed by atoms with van der Waals surface area (Å²) < 4.78 is 10.2. The van der Waals surface area contributed by atoms with Crippen molar-refractivity contribution < 1.29 is 14.3 Å². The Kier molecular flexibility index (Phi) is 2.76. The lowest BCUT2D eigenvalue weighted by atomic mass is 10.2. The summed E-state index contributed by atoms with van der Waals surface area (Å²) >= 11 is 0. The second-order valence-electron chi connectivity index (χ2n) is 4.20. The van der Waals surface area contributed by atoms with Gasteiger partial charge in [-0.2, -0.15) is 0 Å². The molecule has 0 aliphatic carbocycles. The van der Waals surface area contributed by atoms with Crippen LogP contribution in [0, 0.1) is 0 Å². The highest BCUT2D eigenvalue weighted by Gasteiger charge is 2.31. The Hall–Kier alpha value is -0.830. The van der Waals surface area contributed by atoms with Crippen molar-refractivity contribution >= 4 is 5.97 Å². The standard InChI is InChI=1S/C10H16O3/c1-7-8(12-7)5-6-9(11)13-10(2,3)4/h5-8H,1-4H3/b6-5+. The lowest BCUT2D eigenvalue weighted by Crippen LogP contribution is -2.22. The van der Waals surface area contributed by atoms with Gasteiger partial charge in [0.05, 0.1) is 6.10 Å². The Balaban J connectivity index is 2.29. The van der Waals surface area contributed by atoms with Crippen molar-refractivity contribution in [2.45, 2.75) is 45.5 Å². The van der Waals surface area contributed by atoms with Gasteiger partial charge in [0.25, 0.3) is 0 Å². The molecular formula is C10H16O3. The second kappa shape index (κ2) is 3.50. The SMILES string of the molecule is CC1OC1/C=C/C(=O)OC(C)(C)C. The number of ether oxygens (including phenoxy) is 2. The third kappa shape index (κ3) is 4.08. The van der Waals surface area contributed by atoms with Gasteiger partial charge in [-0.1, -0.05) is 0 Å². The Morgan fingerprint density at radius 3 is 2.38 bits per heavy atom. The highest BCUT2D eigenvalue weighted by Crippen LogP contribution is 2.21. The van der Waals surface area contributed by atoms with E-state index in [0.717, 1.165) is 0 Å². The van der Waals surface area contributed by atoms with E-state index in [-0.39, 0.29) is 18.2 Å². The first-order chi connectivity index (χ1) is 5.88. The van der Waals surface area contributed by atoms with Crippen molar-refractivity contribution in [3.05, 3.63) is 12.2 Å². The maximum absolute atomic E-state index is 11.1. The predicted molar refractivity (Wildman–Crippen MR) is 49.3 cm³/mol. The van der Waals surface area contributed by atoms with Crippen LogP contribution in [-0.2, 0) is 14.3 Å². The Morgan fingerprint density at radius 1 is 1.46 bits per heavy atom. The van der Waals surface area contributed by atoms with Crippen LogP contribution < -0.4 is 0 Å². The van der Waals surface area contributed by atoms with E-state index in [1.165, 1.54) is 6.08 Å². The number of hydrogen-bond acceptors (Lipinski definition) is 3. The number of rotatable bonds is 2. The molecule has 0 aromatic carbocycles. The number of carbonyl (C=O) groups is 1. The summed E-state index contributed by atoms with van der Waals surface area (Å²) in [6, 6.07) is 0. The molecule has 0 amide bonds. The van der Waals surface area contributed by atoms with Gasteiger partial charge in [-0.05, 0) is 33.8 Å². The molecule has 1 rings (SSSR count). The van der Waals surface area contributed by atoms with Crippen molar-refractivity contribution in [3.63, 3.8) is 0 Å². The van der Waals surface area contributed by atoms with Crippen molar-refractivity contribution in [3.8, 4) is 0 Å². The van der Waals surface area contributed by atoms with E-state index in [4.69, 9.17) is 9.47 Å². The van der Waals surface area contributed by atoms with E-state index < -0.39 is 5.60 Å². The zero-order valence-corrected chi connectivity index (χ0v) is 8.53. The number of hydrogen-bond donors (Lipinski definition) is 0. The van der Waals surface area contributed by atoms with Crippen LogP contribution in [0.15, 0.2) is 12.2 Å². The Bertz CT molecular complexity index is 225. The molecule has 3 nitrogen and oxygen atoms in total. The minimum Gasteiger partial charge on any atom is -0.457 e. The molecule has 1 fully saturated rings. The molecule has 1 saturated heterocycles. The lowest BCUT2D eigenvalue weighted by Gasteiger charge is -2.17. The molecule has 0 aromatic rings. The smallest absolute Gasteiger partial charge is 0.331 e. The first-order valence-corrected chi connectivity index (χ1v) is 4.45. The number of esters is 1. The molecule has 2 atom stereocenters. The molecule has 0 bridgehead atoms. The van der Waals surface area contributed by atoms with E-state index >= 15 is 0 Å². The molecule has 1 aliphatic rings. The first kappa shape index (κ1) is 10.3. The van der Waals surface area contributed by atoms with Gasteiger partial charge in [-0.25, -0.2) is 4.79 Å². The van der Waals surface area contributed by atoms with E-state index in [1.54, 1.807) is 6.08 Å². The molecule has 2 unspecified atom stereocenters. The predicted octanol–water partition coefficient (Wildman–Crippen LogP) is 1.67. The van der Waals surface area contributed by atoms with E-state index in [9.17, 15) is 4.79 Å². The van der Waals surface area contributed by atoms with Crippen LogP contribution in [0.5, 0.6) is 0 Å². The van der Waals surface area contributed by atoms with Crippen molar-refractivity contribution in [1.82, 2.24) is 0 Å². The topological polar surface area (TPSA) is 38.8 Å². The van der Waals surface area contributed by atoms with Crippen LogP contribution in [0.1, 0.15) is 27.7 Å². The van der Waals surface area contributed by atoms with Gasteiger partial charge in [0.2, 0.25) is 0 Å². The summed E-state index contributed by atoms with van der Waals surface area (Å²) in [5.41, 5.74) is -0.419. The van der Waals surface area contributed by atoms with Gasteiger partial charge in [0.1, 0.15) is 11.7 Å². The Morgan fingerprint density at radius 2 is 2.00 bits per heavy atom. The normalized spacial score (nSPS) is 27.7. The third-order valence-electron chi connectivity index (χ3n) is 1.59. The van der Waals surface area contributed by atoms with Gasteiger partial charge in [-0.15, -0.1) is 0 Å². The van der Waals surface area contributed by atoms with Crippen molar-refractivity contribution in [2.24, 2.45) is 0 Å². The highest BCUT2D eigenvalue weighted by atomic mass is 16.6. The molecule has 0 spiro atoms. The van der Waals surface area contributed by atoms with Crippen LogP contribution in [0.3, 0.4) is 0 Å². The van der Waals surface area contributed by atoms with Gasteiger partial charge < -0.3 is 9.47 Å². The minimum absolute atomic E-state index is 0.104. The average molecular weight is 184 g/mol. The number of carbonyl (C=O) groups excluding carboxylic acids is 1. The highest BCUT2D eigenvalue weighted by molar-refractivity contribution is 5.82. The minimum atomic E-state index is -0.419. The summed E-state index contributed by atoms with van der Waals surface area (Å²) in [6.07, 6.45) is 3.52. The molecule has 74 valence electrons. The summed E-state index contributed by atoms with van der Waals surface area (Å²) in [5.74, 6) is -0.310. The summed E-state index contributed by atoms with van der Waals surface area (Å²) in [6.45, 7) is 7.49. The van der Waals surface area contributed by atoms with Crippen LogP contribution in [0.25, 0.3) is 0 Å². The van der Waals surface area contributed by atoms with Crippen LogP contribution >= 0.6 is 0 Å². The summed E-state index contributed by atoms with van der Waals surface area (Å²) in [5, 5.41) is 0. The third-order valence-corrected chi connectivity index (χ3v) is 1.59. The molecule has 0 aromatic heterocycles. The molecule has 0 radical (unpaired) electrons. The fourth-order valence-corrected chi connectivity index (χ4v) is 0.914. The molecule has 13 heavy (non-hydrogen) atoms. The quantitative estimate of drug-likeness (QED) is 0.372. The van der Waals surface area contributed by atoms with Crippen molar-refractivity contribution in [2.75, 3.05) is 0 Å². The van der Waals surface area contributed by atoms with Crippen LogP contribution in [-0.4, -0.2) is 23.8 Å². The monoisotopic (exact) mass is 184 g/mol. The molecule has 3 heteroatoms. The van der Waals surface area contributed by atoms with E-state index in [0.29, 0.717) is 0 Å². The van der Waals surface area contributed by atoms with Crippen molar-refractivity contribution in [1.29, 1.82) is 0 Å². The number of epoxide rings is 1. The van der Waals surface area contributed by atoms with Crippen LogP contribution in [0.4, 0.5) is 0 Å². The average Bonchev–Trinajstić information content (AvgIpc) is 2.58. The first-order valence-electron chi connectivity index (χ1n) is 4.45. The maximum Gasteiger partial charge on any atom is 0.331 e. The zero-order chi connectivity index (χ0) is 10.1. The Labute approximate surface area is 78.7 Å². The fraction of sp³-hybridized carbons (Fsp3) is 0.700. The summed E-state index contributed by atoms with van der Waals surface area (Å²) in [7, 11) is 0. The largest absolute Gasteiger partial charge is 0.457 e. The maximum atomic E-state index is 11.1. The molecule has 0 saturated carbocycles. The molecule has 0 N–H and O–H groups in total. The van der Waals surface area contributed by atoms with E-state index in [1.807, 2.05) is 27.7 Å². The molecule has 1 aliphatic heterocycles. The second-order valence-corrected chi connectivity index (χ2v) is 4.20. The van der Waals surface area contributed by atoms with Gasteiger partial charge in [0, 0.05) is 6.08 Å². The van der Waals surface area contributed by atoms with Gasteiger partial charge >= 0.3 is 5.97 Å². The summed E-state index contributed by atoms with van der Waals surface area (Å²) in [4.78, 5) is 11.1. The van der Waals surface area contributed by atoms with E-state index in [2.05, 4.69) is 0 Å². The fourth-order valence-electron chi connectivity index (χ4n) is 0.914. The molecular weight excluding hydrogens is 168 g/mol. The molecule has 1 heterocycles. The van der Waals surface area contributed by atoms with Gasteiger partial charge in [0.15, 0.2) is 0 Å².